The van der Waals surface area contributed by atoms with Crippen LogP contribution in [-0.4, -0.2) is 15.0 Å². The lowest BCUT2D eigenvalue weighted by atomic mass is 9.97. The second-order valence-electron chi connectivity index (χ2n) is 14.0. The summed E-state index contributed by atoms with van der Waals surface area (Å²) in [5, 5.41) is 9.83. The number of aromatic nitrogens is 3. The fourth-order valence-electron chi connectivity index (χ4n) is 8.05. The summed E-state index contributed by atoms with van der Waals surface area (Å²) in [6, 6.07) is 66.8. The molecule has 0 amide bonds. The van der Waals surface area contributed by atoms with Gasteiger partial charge in [-0.2, -0.15) is 0 Å². The van der Waals surface area contributed by atoms with Crippen LogP contribution >= 0.6 is 11.3 Å². The molecule has 0 radical (unpaired) electrons. The first-order valence-electron chi connectivity index (χ1n) is 18.5. The molecule has 256 valence electrons. The first-order valence-corrected chi connectivity index (χ1v) is 19.3. The number of nitrogens with zero attached hydrogens (tertiary/aromatic N) is 3. The van der Waals surface area contributed by atoms with E-state index in [1.165, 1.54) is 63.6 Å². The van der Waals surface area contributed by atoms with Gasteiger partial charge in [-0.25, -0.2) is 15.0 Å². The number of benzene rings is 9. The lowest BCUT2D eigenvalue weighted by molar-refractivity contribution is 1.08. The van der Waals surface area contributed by atoms with Gasteiger partial charge in [-0.15, -0.1) is 11.3 Å². The van der Waals surface area contributed by atoms with E-state index >= 15 is 0 Å². The summed E-state index contributed by atoms with van der Waals surface area (Å²) < 4.78 is 2.49. The zero-order valence-corrected chi connectivity index (χ0v) is 30.5. The maximum Gasteiger partial charge on any atom is 0.164 e. The van der Waals surface area contributed by atoms with E-state index in [-0.39, 0.29) is 0 Å². The van der Waals surface area contributed by atoms with Gasteiger partial charge in [0, 0.05) is 36.9 Å². The second-order valence-corrected chi connectivity index (χ2v) is 15.0. The van der Waals surface area contributed by atoms with Crippen molar-refractivity contribution < 1.29 is 0 Å². The summed E-state index contributed by atoms with van der Waals surface area (Å²) in [6.07, 6.45) is 0. The number of thiophene rings is 1. The maximum atomic E-state index is 5.23. The van der Waals surface area contributed by atoms with E-state index < -0.39 is 0 Å². The monoisotopic (exact) mass is 717 g/mol. The van der Waals surface area contributed by atoms with E-state index in [0.29, 0.717) is 17.5 Å². The Labute approximate surface area is 321 Å². The summed E-state index contributed by atoms with van der Waals surface area (Å²) in [4.78, 5) is 15.6. The fraction of sp³-hybridized carbons (Fsp3) is 0. The molecule has 3 nitrogen and oxygen atoms in total. The Morgan fingerprint density at radius 2 is 0.727 bits per heavy atom. The van der Waals surface area contributed by atoms with Crippen molar-refractivity contribution in [2.75, 3.05) is 0 Å². The van der Waals surface area contributed by atoms with Gasteiger partial charge in [-0.05, 0) is 60.6 Å². The van der Waals surface area contributed by atoms with Crippen molar-refractivity contribution in [3.05, 3.63) is 188 Å². The Morgan fingerprint density at radius 1 is 0.291 bits per heavy atom. The fourth-order valence-corrected chi connectivity index (χ4v) is 9.31. The van der Waals surface area contributed by atoms with Crippen molar-refractivity contribution in [3.8, 4) is 56.4 Å². The molecule has 0 fully saturated rings. The Morgan fingerprint density at radius 3 is 1.31 bits per heavy atom. The van der Waals surface area contributed by atoms with Crippen LogP contribution in [0.25, 0.3) is 109 Å². The molecule has 55 heavy (non-hydrogen) atoms. The molecule has 0 bridgehead atoms. The highest BCUT2D eigenvalue weighted by Crippen LogP contribution is 2.43. The standard InChI is InChI=1S/C51H31N3S/c1-4-15-39-32(10-1)13-7-18-41(39)35-22-26-37(27-23-35)49-52-50(38-28-24-36(25-29-38)42-19-8-14-33-11-2-5-16-40(33)42)54-51(53-49)45-20-9-21-46-47(45)44-31-30-34-12-3-6-17-43(34)48(44)55-46/h1-31H. The van der Waals surface area contributed by atoms with Crippen LogP contribution in [0.15, 0.2) is 188 Å². The van der Waals surface area contributed by atoms with Gasteiger partial charge in [-0.1, -0.05) is 182 Å². The van der Waals surface area contributed by atoms with E-state index in [4.69, 9.17) is 15.0 Å². The third-order valence-corrected chi connectivity index (χ3v) is 12.0. The van der Waals surface area contributed by atoms with Gasteiger partial charge in [0.1, 0.15) is 0 Å². The van der Waals surface area contributed by atoms with Gasteiger partial charge in [0.15, 0.2) is 17.5 Å². The van der Waals surface area contributed by atoms with Crippen LogP contribution in [0.3, 0.4) is 0 Å². The highest BCUT2D eigenvalue weighted by Gasteiger charge is 2.18. The number of fused-ring (bicyclic) bond motifs is 7. The van der Waals surface area contributed by atoms with Gasteiger partial charge in [0.2, 0.25) is 0 Å². The third-order valence-electron chi connectivity index (χ3n) is 10.8. The van der Waals surface area contributed by atoms with Crippen LogP contribution < -0.4 is 0 Å². The van der Waals surface area contributed by atoms with Crippen molar-refractivity contribution in [1.29, 1.82) is 0 Å². The molecule has 11 aromatic rings. The summed E-state index contributed by atoms with van der Waals surface area (Å²) in [7, 11) is 0. The Bertz CT molecular complexity index is 3100. The highest BCUT2D eigenvalue weighted by molar-refractivity contribution is 7.26. The minimum absolute atomic E-state index is 0.643. The number of rotatable bonds is 5. The maximum absolute atomic E-state index is 5.23. The Hall–Kier alpha value is -7.01. The predicted octanol–water partition coefficient (Wildman–Crippen LogP) is 14.0. The van der Waals surface area contributed by atoms with E-state index in [9.17, 15) is 0 Å². The molecule has 11 rings (SSSR count). The summed E-state index contributed by atoms with van der Waals surface area (Å²) >= 11 is 1.83. The first-order chi connectivity index (χ1) is 27.2. The lowest BCUT2D eigenvalue weighted by Gasteiger charge is -2.12. The molecule has 0 unspecified atom stereocenters. The van der Waals surface area contributed by atoms with Crippen LogP contribution in [0.1, 0.15) is 0 Å². The van der Waals surface area contributed by atoms with E-state index in [1.807, 2.05) is 11.3 Å². The van der Waals surface area contributed by atoms with E-state index in [2.05, 4.69) is 188 Å². The quantitative estimate of drug-likeness (QED) is 0.178. The molecule has 0 aliphatic rings. The van der Waals surface area contributed by atoms with Crippen molar-refractivity contribution in [2.45, 2.75) is 0 Å². The lowest BCUT2D eigenvalue weighted by Crippen LogP contribution is -2.00. The first kappa shape index (κ1) is 31.5. The van der Waals surface area contributed by atoms with Crippen LogP contribution in [0.2, 0.25) is 0 Å². The average Bonchev–Trinajstić information content (AvgIpc) is 3.66. The molecule has 4 heteroatoms. The Balaban J connectivity index is 1.08. The molecule has 0 N–H and O–H groups in total. The molecule has 2 heterocycles. The zero-order valence-electron chi connectivity index (χ0n) is 29.6. The second kappa shape index (κ2) is 12.8. The highest BCUT2D eigenvalue weighted by atomic mass is 32.1. The van der Waals surface area contributed by atoms with Crippen molar-refractivity contribution >= 4 is 63.8 Å². The molecule has 0 aliphatic carbocycles. The molecule has 0 spiro atoms. The smallest absolute Gasteiger partial charge is 0.164 e. The zero-order chi connectivity index (χ0) is 36.3. The topological polar surface area (TPSA) is 38.7 Å². The molecule has 0 aliphatic heterocycles. The van der Waals surface area contributed by atoms with Gasteiger partial charge in [0.25, 0.3) is 0 Å². The van der Waals surface area contributed by atoms with Crippen LogP contribution in [0.4, 0.5) is 0 Å². The van der Waals surface area contributed by atoms with E-state index in [1.54, 1.807) is 0 Å². The molecular weight excluding hydrogens is 687 g/mol. The summed E-state index contributed by atoms with van der Waals surface area (Å²) in [5.41, 5.74) is 7.60. The molecule has 0 atom stereocenters. The molecule has 0 saturated carbocycles. The Kier molecular flexibility index (Phi) is 7.35. The van der Waals surface area contributed by atoms with Crippen molar-refractivity contribution in [3.63, 3.8) is 0 Å². The van der Waals surface area contributed by atoms with Gasteiger partial charge >= 0.3 is 0 Å². The average molecular weight is 718 g/mol. The largest absolute Gasteiger partial charge is 0.208 e. The molecular formula is C51H31N3S. The summed E-state index contributed by atoms with van der Waals surface area (Å²) in [6.45, 7) is 0. The molecule has 2 aromatic heterocycles. The predicted molar refractivity (Wildman–Crippen MR) is 232 cm³/mol. The number of hydrogen-bond donors (Lipinski definition) is 0. The minimum Gasteiger partial charge on any atom is -0.208 e. The van der Waals surface area contributed by atoms with E-state index in [0.717, 1.165) is 27.8 Å². The van der Waals surface area contributed by atoms with Crippen LogP contribution in [-0.2, 0) is 0 Å². The number of hydrogen-bond acceptors (Lipinski definition) is 4. The minimum atomic E-state index is 0.643. The summed E-state index contributed by atoms with van der Waals surface area (Å²) in [5.74, 6) is 1.95. The van der Waals surface area contributed by atoms with Gasteiger partial charge < -0.3 is 0 Å². The van der Waals surface area contributed by atoms with Gasteiger partial charge in [0.05, 0.1) is 0 Å². The third kappa shape index (κ3) is 5.38. The van der Waals surface area contributed by atoms with Crippen molar-refractivity contribution in [2.24, 2.45) is 0 Å². The molecule has 0 saturated heterocycles. The SMILES string of the molecule is c1ccc2c(-c3ccc(-c4nc(-c5ccc(-c6cccc7ccccc67)cc5)nc(-c5cccc6sc7c8ccccc8ccc7c56)n4)cc3)cccc2c1. The molecule has 9 aromatic carbocycles. The van der Waals surface area contributed by atoms with Crippen molar-refractivity contribution in [1.82, 2.24) is 15.0 Å². The van der Waals surface area contributed by atoms with Crippen LogP contribution in [0.5, 0.6) is 0 Å². The normalized spacial score (nSPS) is 11.6. The van der Waals surface area contributed by atoms with Gasteiger partial charge in [-0.3, -0.25) is 0 Å². The van der Waals surface area contributed by atoms with Crippen LogP contribution in [0, 0.1) is 0 Å².